The van der Waals surface area contributed by atoms with Gasteiger partial charge in [0.2, 0.25) is 0 Å². The Morgan fingerprint density at radius 2 is 1.27 bits per heavy atom. The molecule has 0 radical (unpaired) electrons. The van der Waals surface area contributed by atoms with Crippen LogP contribution in [0, 0.1) is 0 Å². The van der Waals surface area contributed by atoms with E-state index in [0.717, 1.165) is 39.1 Å². The number of aliphatic carboxylic acids is 2. The number of carboxylic acids is 2. The molecule has 2 aromatic carbocycles. The van der Waals surface area contributed by atoms with Crippen LogP contribution in [0.5, 0.6) is 0 Å². The number of nitrogens with zero attached hydrogens (tertiary/aromatic N) is 2. The van der Waals surface area contributed by atoms with Crippen LogP contribution in [0.3, 0.4) is 0 Å². The number of benzene rings is 2. The smallest absolute Gasteiger partial charge is 0.328 e. The first-order valence-corrected chi connectivity index (χ1v) is 11.1. The summed E-state index contributed by atoms with van der Waals surface area (Å²) in [6.45, 7) is 7.00. The highest BCUT2D eigenvalue weighted by molar-refractivity contribution is 5.89. The minimum absolute atomic E-state index is 0.298. The Labute approximate surface area is 195 Å². The lowest BCUT2D eigenvalue weighted by Crippen LogP contribution is -2.48. The zero-order valence-corrected chi connectivity index (χ0v) is 19.0. The third-order valence-electron chi connectivity index (χ3n) is 5.37. The van der Waals surface area contributed by atoms with Crippen molar-refractivity contribution in [2.24, 2.45) is 0 Å². The molecule has 176 valence electrons. The van der Waals surface area contributed by atoms with E-state index in [9.17, 15) is 14.4 Å². The number of carbonyl (C=O) groups is 3. The average Bonchev–Trinajstić information content (AvgIpc) is 2.81. The second-order valence-electron chi connectivity index (χ2n) is 7.92. The predicted molar refractivity (Wildman–Crippen MR) is 127 cm³/mol. The zero-order valence-electron chi connectivity index (χ0n) is 19.0. The van der Waals surface area contributed by atoms with Crippen molar-refractivity contribution in [1.29, 1.82) is 0 Å². The van der Waals surface area contributed by atoms with Gasteiger partial charge in [0.15, 0.2) is 0 Å². The molecule has 0 unspecified atom stereocenters. The summed E-state index contributed by atoms with van der Waals surface area (Å²) in [6.07, 6.45) is 2.80. The van der Waals surface area contributed by atoms with E-state index in [1.54, 1.807) is 6.92 Å². The van der Waals surface area contributed by atoms with E-state index in [2.05, 4.69) is 70.5 Å². The van der Waals surface area contributed by atoms with Crippen LogP contribution >= 0.6 is 0 Å². The summed E-state index contributed by atoms with van der Waals surface area (Å²) in [5.74, 6) is -2.22. The first kappa shape index (κ1) is 26.0. The van der Waals surface area contributed by atoms with Gasteiger partial charge in [-0.05, 0) is 31.0 Å². The van der Waals surface area contributed by atoms with E-state index in [1.807, 2.05) is 0 Å². The van der Waals surface area contributed by atoms with Crippen LogP contribution in [-0.4, -0.2) is 70.5 Å². The lowest BCUT2D eigenvalue weighted by atomic mass is 9.96. The number of piperazine rings is 1. The molecule has 0 atom stereocenters. The molecule has 2 aromatic rings. The van der Waals surface area contributed by atoms with Crippen molar-refractivity contribution in [2.45, 2.75) is 25.8 Å². The van der Waals surface area contributed by atoms with Gasteiger partial charge in [-0.2, -0.15) is 0 Å². The highest BCUT2D eigenvalue weighted by atomic mass is 16.4. The molecule has 1 fully saturated rings. The molecule has 0 saturated carbocycles. The average molecular weight is 453 g/mol. The van der Waals surface area contributed by atoms with Gasteiger partial charge in [-0.15, -0.1) is 0 Å². The van der Waals surface area contributed by atoms with E-state index in [-0.39, 0.29) is 0 Å². The summed E-state index contributed by atoms with van der Waals surface area (Å²) in [5.41, 5.74) is 2.72. The van der Waals surface area contributed by atoms with Crippen molar-refractivity contribution < 1.29 is 24.6 Å². The van der Waals surface area contributed by atoms with Crippen molar-refractivity contribution >= 4 is 17.7 Å². The van der Waals surface area contributed by atoms with Gasteiger partial charge in [-0.25, -0.2) is 9.59 Å². The Morgan fingerprint density at radius 1 is 0.818 bits per heavy atom. The molecular formula is C26H32N2O5. The summed E-state index contributed by atoms with van der Waals surface area (Å²) in [6, 6.07) is 21.9. The van der Waals surface area contributed by atoms with Crippen molar-refractivity contribution in [3.63, 3.8) is 0 Å². The molecule has 0 spiro atoms. The van der Waals surface area contributed by atoms with E-state index in [0.29, 0.717) is 30.4 Å². The Balaban J connectivity index is 0.000000414. The van der Waals surface area contributed by atoms with Gasteiger partial charge >= 0.3 is 11.9 Å². The maximum Gasteiger partial charge on any atom is 0.328 e. The first-order valence-electron chi connectivity index (χ1n) is 11.1. The topological polar surface area (TPSA) is 98.2 Å². The number of Topliss-reactive ketones (excluding diaryl/α,β-unsaturated/α-hetero) is 1. The van der Waals surface area contributed by atoms with Crippen LogP contribution in [0.4, 0.5) is 0 Å². The van der Waals surface area contributed by atoms with Crippen LogP contribution in [0.2, 0.25) is 0 Å². The van der Waals surface area contributed by atoms with Crippen molar-refractivity contribution in [1.82, 2.24) is 9.80 Å². The highest BCUT2D eigenvalue weighted by Crippen LogP contribution is 2.29. The molecule has 3 rings (SSSR count). The third kappa shape index (κ3) is 9.80. The van der Waals surface area contributed by atoms with E-state index in [4.69, 9.17) is 10.2 Å². The van der Waals surface area contributed by atoms with Crippen LogP contribution in [-0.2, 0) is 14.4 Å². The minimum atomic E-state index is -1.26. The number of hydrogen-bond donors (Lipinski definition) is 2. The van der Waals surface area contributed by atoms with Gasteiger partial charge in [0.05, 0.1) is 6.04 Å². The first-order chi connectivity index (χ1) is 15.9. The highest BCUT2D eigenvalue weighted by Gasteiger charge is 2.26. The Bertz CT molecular complexity index is 851. The lowest BCUT2D eigenvalue weighted by Gasteiger charge is -2.39. The van der Waals surface area contributed by atoms with E-state index in [1.165, 1.54) is 11.1 Å². The molecule has 0 amide bonds. The number of carboxylic acid groups (broad SMARTS) is 2. The molecule has 2 N–H and O–H groups in total. The fraction of sp³-hybridized carbons (Fsp3) is 0.346. The molecule has 33 heavy (non-hydrogen) atoms. The molecule has 1 saturated heterocycles. The molecule has 0 bridgehead atoms. The zero-order chi connectivity index (χ0) is 24.1. The summed E-state index contributed by atoms with van der Waals surface area (Å²) >= 11 is 0. The number of carbonyl (C=O) groups excluding carboxylic acids is 1. The van der Waals surface area contributed by atoms with Gasteiger partial charge in [0, 0.05) is 44.8 Å². The summed E-state index contributed by atoms with van der Waals surface area (Å²) in [4.78, 5) is 35.3. The van der Waals surface area contributed by atoms with Crippen LogP contribution in [0.25, 0.3) is 0 Å². The fourth-order valence-electron chi connectivity index (χ4n) is 3.82. The summed E-state index contributed by atoms with van der Waals surface area (Å²) in [7, 11) is 0. The van der Waals surface area contributed by atoms with Gasteiger partial charge < -0.3 is 19.9 Å². The van der Waals surface area contributed by atoms with Gasteiger partial charge in [-0.3, -0.25) is 4.90 Å². The normalized spacial score (nSPS) is 14.6. The summed E-state index contributed by atoms with van der Waals surface area (Å²) < 4.78 is 0. The van der Waals surface area contributed by atoms with E-state index < -0.39 is 11.9 Å². The number of hydrogen-bond acceptors (Lipinski definition) is 5. The molecule has 1 heterocycles. The van der Waals surface area contributed by atoms with Gasteiger partial charge in [0.25, 0.3) is 0 Å². The maximum absolute atomic E-state index is 11.1. The van der Waals surface area contributed by atoms with Gasteiger partial charge in [-0.1, -0.05) is 60.7 Å². The fourth-order valence-corrected chi connectivity index (χ4v) is 3.82. The molecule has 1 aliphatic rings. The van der Waals surface area contributed by atoms with E-state index >= 15 is 0 Å². The van der Waals surface area contributed by atoms with Crippen molar-refractivity contribution in [2.75, 3.05) is 32.7 Å². The lowest BCUT2D eigenvalue weighted by molar-refractivity contribution is -0.134. The SMILES string of the molecule is CC(=O)CCCN1CCN(C(c2ccccc2)c2ccccc2)CC1.O=C(O)/C=C/C(=O)O. The third-order valence-corrected chi connectivity index (χ3v) is 5.37. The molecular weight excluding hydrogens is 420 g/mol. The monoisotopic (exact) mass is 452 g/mol. The molecule has 0 aliphatic carbocycles. The standard InChI is InChI=1S/C22H28N2O.C4H4O4/c1-19(25)9-8-14-23-15-17-24(18-16-23)22(20-10-4-2-5-11-20)21-12-6-3-7-13-21;5-3(6)1-2-4(7)8/h2-7,10-13,22H,8-9,14-18H2,1H3;1-2H,(H,5,6)(H,7,8)/b;2-1+. The maximum atomic E-state index is 11.1. The molecule has 0 aromatic heterocycles. The molecule has 7 nitrogen and oxygen atoms in total. The number of rotatable bonds is 9. The van der Waals surface area contributed by atoms with Crippen LogP contribution in [0.15, 0.2) is 72.8 Å². The molecule has 7 heteroatoms. The van der Waals surface area contributed by atoms with Gasteiger partial charge in [0.1, 0.15) is 5.78 Å². The van der Waals surface area contributed by atoms with Crippen molar-refractivity contribution in [3.05, 3.63) is 83.9 Å². The largest absolute Gasteiger partial charge is 0.478 e. The van der Waals surface area contributed by atoms with Crippen LogP contribution < -0.4 is 0 Å². The minimum Gasteiger partial charge on any atom is -0.478 e. The van der Waals surface area contributed by atoms with Crippen molar-refractivity contribution in [3.8, 4) is 0 Å². The summed E-state index contributed by atoms with van der Waals surface area (Å²) in [5, 5.41) is 15.6. The Morgan fingerprint density at radius 3 is 1.67 bits per heavy atom. The van der Waals surface area contributed by atoms with Crippen LogP contribution in [0.1, 0.15) is 36.9 Å². The second kappa shape index (κ2) is 14.0. The Kier molecular flexibility index (Phi) is 11.0. The predicted octanol–water partition coefficient (Wildman–Crippen LogP) is 3.47. The second-order valence-corrected chi connectivity index (χ2v) is 7.92. The number of ketones is 1. The Hall–Kier alpha value is -3.29. The molecule has 1 aliphatic heterocycles. The quantitative estimate of drug-likeness (QED) is 0.562.